The molecule has 148 valence electrons. The maximum atomic E-state index is 10.6. The maximum absolute atomic E-state index is 10.6. The fourth-order valence-electron chi connectivity index (χ4n) is 2.51. The second-order valence-corrected chi connectivity index (χ2v) is 6.47. The Hall–Kier alpha value is -0.930. The Bertz CT molecular complexity index is 361. The summed E-state index contributed by atoms with van der Waals surface area (Å²) < 4.78 is 15.7. The molecule has 8 nitrogen and oxygen atoms in total. The van der Waals surface area contributed by atoms with Crippen molar-refractivity contribution in [3.63, 3.8) is 0 Å². The van der Waals surface area contributed by atoms with Gasteiger partial charge in [-0.3, -0.25) is 9.89 Å². The third-order valence-corrected chi connectivity index (χ3v) is 3.78. The average molecular weight is 360 g/mol. The van der Waals surface area contributed by atoms with E-state index in [0.717, 1.165) is 51.8 Å². The lowest BCUT2D eigenvalue weighted by Crippen LogP contribution is -2.48. The third kappa shape index (κ3) is 11.3. The molecule has 0 aliphatic carbocycles. The van der Waals surface area contributed by atoms with Gasteiger partial charge in [0, 0.05) is 46.4 Å². The van der Waals surface area contributed by atoms with Gasteiger partial charge in [0.15, 0.2) is 5.96 Å². The van der Waals surface area contributed by atoms with Crippen LogP contribution in [0.15, 0.2) is 4.99 Å². The van der Waals surface area contributed by atoms with Crippen LogP contribution in [0.1, 0.15) is 20.3 Å². The Morgan fingerprint density at radius 2 is 2.00 bits per heavy atom. The number of guanidine groups is 1. The smallest absolute Gasteiger partial charge is 0.191 e. The summed E-state index contributed by atoms with van der Waals surface area (Å²) in [4.78, 5) is 6.74. The molecule has 0 bridgehead atoms. The molecular formula is C17H36N4O4. The molecule has 0 saturated carbocycles. The molecule has 0 aromatic rings. The molecule has 0 radical (unpaired) electrons. The predicted molar refractivity (Wildman–Crippen MR) is 99.2 cm³/mol. The molecular weight excluding hydrogens is 324 g/mol. The number of hydrogen-bond acceptors (Lipinski definition) is 6. The van der Waals surface area contributed by atoms with Crippen LogP contribution >= 0.6 is 0 Å². The van der Waals surface area contributed by atoms with Gasteiger partial charge in [0.05, 0.1) is 38.6 Å². The number of rotatable bonds is 12. The van der Waals surface area contributed by atoms with Crippen molar-refractivity contribution in [1.29, 1.82) is 0 Å². The number of β-amino-alcohol motifs (C(OH)–C–C–N with tert-alkyl or cyclic N) is 1. The normalized spacial score (nSPS) is 18.8. The number of ether oxygens (including phenoxy) is 3. The molecule has 1 aliphatic rings. The highest BCUT2D eigenvalue weighted by Crippen LogP contribution is 2.09. The first-order chi connectivity index (χ1) is 12.1. The van der Waals surface area contributed by atoms with Crippen molar-refractivity contribution in [2.45, 2.75) is 25.9 Å². The van der Waals surface area contributed by atoms with Crippen molar-refractivity contribution in [1.82, 2.24) is 15.5 Å². The SMILES string of the molecule is CCNC(=NCC(C)(O)CN1CCOCC1)NCCCOCCOC. The van der Waals surface area contributed by atoms with Crippen LogP contribution in [0.5, 0.6) is 0 Å². The van der Waals surface area contributed by atoms with Crippen molar-refractivity contribution in [3.8, 4) is 0 Å². The zero-order chi connectivity index (χ0) is 18.4. The monoisotopic (exact) mass is 360 g/mol. The molecule has 1 fully saturated rings. The van der Waals surface area contributed by atoms with Crippen LogP contribution in [0, 0.1) is 0 Å². The molecule has 1 aliphatic heterocycles. The first kappa shape index (κ1) is 22.1. The van der Waals surface area contributed by atoms with Crippen molar-refractivity contribution >= 4 is 5.96 Å². The summed E-state index contributed by atoms with van der Waals surface area (Å²) >= 11 is 0. The van der Waals surface area contributed by atoms with Crippen molar-refractivity contribution in [3.05, 3.63) is 0 Å². The highest BCUT2D eigenvalue weighted by Gasteiger charge is 2.25. The molecule has 0 aromatic carbocycles. The van der Waals surface area contributed by atoms with E-state index in [1.165, 1.54) is 0 Å². The highest BCUT2D eigenvalue weighted by molar-refractivity contribution is 5.79. The number of aliphatic hydroxyl groups is 1. The van der Waals surface area contributed by atoms with Gasteiger partial charge >= 0.3 is 0 Å². The summed E-state index contributed by atoms with van der Waals surface area (Å²) in [6.07, 6.45) is 0.887. The van der Waals surface area contributed by atoms with Gasteiger partial charge in [-0.05, 0) is 20.3 Å². The minimum atomic E-state index is -0.858. The largest absolute Gasteiger partial charge is 0.387 e. The van der Waals surface area contributed by atoms with E-state index in [0.29, 0.717) is 32.9 Å². The Balaban J connectivity index is 2.29. The molecule has 8 heteroatoms. The lowest BCUT2D eigenvalue weighted by molar-refractivity contribution is -0.0180. The van der Waals surface area contributed by atoms with Crippen molar-refractivity contribution < 1.29 is 19.3 Å². The molecule has 0 spiro atoms. The van der Waals surface area contributed by atoms with E-state index in [1.807, 2.05) is 13.8 Å². The molecule has 1 atom stereocenters. The van der Waals surface area contributed by atoms with Crippen LogP contribution in [-0.2, 0) is 14.2 Å². The Morgan fingerprint density at radius 3 is 2.68 bits per heavy atom. The molecule has 0 amide bonds. The van der Waals surface area contributed by atoms with Gasteiger partial charge in [-0.1, -0.05) is 0 Å². The predicted octanol–water partition coefficient (Wildman–Crippen LogP) is -0.322. The van der Waals surface area contributed by atoms with Crippen LogP contribution in [0.2, 0.25) is 0 Å². The number of nitrogens with one attached hydrogen (secondary N) is 2. The number of morpholine rings is 1. The number of hydrogen-bond donors (Lipinski definition) is 3. The lowest BCUT2D eigenvalue weighted by atomic mass is 10.1. The van der Waals surface area contributed by atoms with E-state index < -0.39 is 5.60 Å². The summed E-state index contributed by atoms with van der Waals surface area (Å²) in [6.45, 7) is 11.5. The first-order valence-electron chi connectivity index (χ1n) is 9.19. The molecule has 1 rings (SSSR count). The van der Waals surface area contributed by atoms with Gasteiger partial charge in [-0.2, -0.15) is 0 Å². The fraction of sp³-hybridized carbons (Fsp3) is 0.941. The van der Waals surface area contributed by atoms with Crippen LogP contribution in [-0.4, -0.2) is 101 Å². The molecule has 25 heavy (non-hydrogen) atoms. The maximum Gasteiger partial charge on any atom is 0.191 e. The molecule has 1 unspecified atom stereocenters. The molecule has 1 heterocycles. The highest BCUT2D eigenvalue weighted by atomic mass is 16.5. The average Bonchev–Trinajstić information content (AvgIpc) is 2.59. The topological polar surface area (TPSA) is 87.6 Å². The zero-order valence-corrected chi connectivity index (χ0v) is 16.1. The minimum Gasteiger partial charge on any atom is -0.387 e. The first-order valence-corrected chi connectivity index (χ1v) is 9.19. The van der Waals surface area contributed by atoms with Gasteiger partial charge in [-0.25, -0.2) is 0 Å². The van der Waals surface area contributed by atoms with E-state index in [4.69, 9.17) is 14.2 Å². The standard InChI is InChI=1S/C17H36N4O4/c1-4-18-16(19-6-5-9-24-13-12-23-3)20-14-17(2,22)15-21-7-10-25-11-8-21/h22H,4-15H2,1-3H3,(H2,18,19,20). The van der Waals surface area contributed by atoms with Gasteiger partial charge in [-0.15, -0.1) is 0 Å². The number of methoxy groups -OCH3 is 1. The lowest BCUT2D eigenvalue weighted by Gasteiger charge is -2.33. The van der Waals surface area contributed by atoms with E-state index in [2.05, 4.69) is 20.5 Å². The number of nitrogens with zero attached hydrogens (tertiary/aromatic N) is 2. The second-order valence-electron chi connectivity index (χ2n) is 6.47. The molecule has 0 aromatic heterocycles. The summed E-state index contributed by atoms with van der Waals surface area (Å²) in [7, 11) is 1.66. The summed E-state index contributed by atoms with van der Waals surface area (Å²) in [6, 6.07) is 0. The minimum absolute atomic E-state index is 0.351. The molecule has 3 N–H and O–H groups in total. The Morgan fingerprint density at radius 1 is 1.24 bits per heavy atom. The van der Waals surface area contributed by atoms with Crippen molar-refractivity contribution in [2.75, 3.05) is 79.4 Å². The van der Waals surface area contributed by atoms with E-state index in [-0.39, 0.29) is 0 Å². The van der Waals surface area contributed by atoms with Crippen LogP contribution in [0.4, 0.5) is 0 Å². The summed E-state index contributed by atoms with van der Waals surface area (Å²) in [5.74, 6) is 0.724. The summed E-state index contributed by atoms with van der Waals surface area (Å²) in [5, 5.41) is 17.1. The fourth-order valence-corrected chi connectivity index (χ4v) is 2.51. The van der Waals surface area contributed by atoms with Gasteiger partial charge in [0.1, 0.15) is 0 Å². The second kappa shape index (κ2) is 13.3. The van der Waals surface area contributed by atoms with E-state index >= 15 is 0 Å². The van der Waals surface area contributed by atoms with E-state index in [9.17, 15) is 5.11 Å². The third-order valence-electron chi connectivity index (χ3n) is 3.78. The Kier molecular flexibility index (Phi) is 11.8. The summed E-state index contributed by atoms with van der Waals surface area (Å²) in [5.41, 5.74) is -0.858. The van der Waals surface area contributed by atoms with E-state index in [1.54, 1.807) is 7.11 Å². The van der Waals surface area contributed by atoms with Crippen LogP contribution in [0.3, 0.4) is 0 Å². The van der Waals surface area contributed by atoms with Gasteiger partial charge in [0.2, 0.25) is 0 Å². The van der Waals surface area contributed by atoms with Gasteiger partial charge in [0.25, 0.3) is 0 Å². The zero-order valence-electron chi connectivity index (χ0n) is 16.1. The Labute approximate surface area is 151 Å². The van der Waals surface area contributed by atoms with Crippen molar-refractivity contribution in [2.24, 2.45) is 4.99 Å². The number of aliphatic imine (C=N–C) groups is 1. The molecule has 1 saturated heterocycles. The van der Waals surface area contributed by atoms with Gasteiger partial charge < -0.3 is 30.0 Å². The van der Waals surface area contributed by atoms with Crippen LogP contribution < -0.4 is 10.6 Å². The quantitative estimate of drug-likeness (QED) is 0.250. The van der Waals surface area contributed by atoms with Crippen LogP contribution in [0.25, 0.3) is 0 Å².